The Labute approximate surface area is 156 Å². The van der Waals surface area contributed by atoms with Crippen molar-refractivity contribution in [1.82, 2.24) is 14.9 Å². The molecule has 1 amide bonds. The Morgan fingerprint density at radius 2 is 2.04 bits per heavy atom. The van der Waals surface area contributed by atoms with Crippen LogP contribution in [0.15, 0.2) is 48.6 Å². The molecule has 0 radical (unpaired) electrons. The number of piperazine rings is 1. The van der Waals surface area contributed by atoms with Gasteiger partial charge in [-0.15, -0.1) is 11.3 Å². The second-order valence-electron chi connectivity index (χ2n) is 6.38. The molecule has 3 aromatic rings. The molecule has 3 heterocycles. The average Bonchev–Trinajstić information content (AvgIpc) is 3.21. The summed E-state index contributed by atoms with van der Waals surface area (Å²) < 4.78 is 0. The molecule has 1 aromatic carbocycles. The summed E-state index contributed by atoms with van der Waals surface area (Å²) in [5.41, 5.74) is 3.39. The fourth-order valence-electron chi connectivity index (χ4n) is 3.41. The van der Waals surface area contributed by atoms with Gasteiger partial charge in [-0.05, 0) is 47.7 Å². The van der Waals surface area contributed by atoms with Gasteiger partial charge in [0.05, 0.1) is 5.52 Å². The van der Waals surface area contributed by atoms with Crippen LogP contribution in [-0.2, 0) is 4.79 Å². The Morgan fingerprint density at radius 3 is 2.73 bits per heavy atom. The van der Waals surface area contributed by atoms with Gasteiger partial charge < -0.3 is 9.80 Å². The first kappa shape index (κ1) is 16.7. The number of hydrogen-bond acceptors (Lipinski definition) is 5. The molecule has 4 rings (SSSR count). The van der Waals surface area contributed by atoms with E-state index in [1.54, 1.807) is 17.7 Å². The van der Waals surface area contributed by atoms with E-state index in [0.717, 1.165) is 29.8 Å². The molecule has 0 spiro atoms. The zero-order valence-electron chi connectivity index (χ0n) is 14.7. The molecule has 0 atom stereocenters. The highest BCUT2D eigenvalue weighted by molar-refractivity contribution is 7.13. The van der Waals surface area contributed by atoms with Crippen LogP contribution in [0, 0.1) is 6.92 Å². The monoisotopic (exact) mass is 364 g/mol. The van der Waals surface area contributed by atoms with E-state index >= 15 is 0 Å². The van der Waals surface area contributed by atoms with Crippen LogP contribution < -0.4 is 4.90 Å². The number of anilines is 1. The number of amides is 1. The number of rotatable bonds is 3. The highest BCUT2D eigenvalue weighted by Crippen LogP contribution is 2.33. The van der Waals surface area contributed by atoms with Crippen molar-refractivity contribution < 1.29 is 4.79 Å². The summed E-state index contributed by atoms with van der Waals surface area (Å²) in [6.45, 7) is 8.59. The van der Waals surface area contributed by atoms with Crippen molar-refractivity contribution in [3.8, 4) is 10.4 Å². The molecule has 0 saturated carbocycles. The second kappa shape index (κ2) is 6.88. The first-order chi connectivity index (χ1) is 12.7. The van der Waals surface area contributed by atoms with Crippen LogP contribution in [0.5, 0.6) is 0 Å². The first-order valence-corrected chi connectivity index (χ1v) is 9.51. The Bertz CT molecular complexity index is 959. The van der Waals surface area contributed by atoms with E-state index in [-0.39, 0.29) is 5.91 Å². The molecule has 6 heteroatoms. The van der Waals surface area contributed by atoms with Gasteiger partial charge in [0, 0.05) is 36.4 Å². The van der Waals surface area contributed by atoms with Crippen LogP contribution in [0.2, 0.25) is 0 Å². The molecule has 132 valence electrons. The molecular weight excluding hydrogens is 344 g/mol. The minimum atomic E-state index is -0.00590. The van der Waals surface area contributed by atoms with Gasteiger partial charge in [-0.25, -0.2) is 9.97 Å². The fourth-order valence-corrected chi connectivity index (χ4v) is 4.22. The van der Waals surface area contributed by atoms with Gasteiger partial charge in [0.2, 0.25) is 5.91 Å². The van der Waals surface area contributed by atoms with Crippen molar-refractivity contribution in [3.63, 3.8) is 0 Å². The van der Waals surface area contributed by atoms with E-state index < -0.39 is 0 Å². The normalized spacial score (nSPS) is 14.7. The lowest BCUT2D eigenvalue weighted by Gasteiger charge is -2.35. The van der Waals surface area contributed by atoms with Gasteiger partial charge >= 0.3 is 0 Å². The van der Waals surface area contributed by atoms with Crippen molar-refractivity contribution >= 4 is 34.0 Å². The smallest absolute Gasteiger partial charge is 0.246 e. The minimum Gasteiger partial charge on any atom is -0.352 e. The third-order valence-electron chi connectivity index (χ3n) is 4.81. The number of carbonyl (C=O) groups excluding carboxylic acids is 1. The van der Waals surface area contributed by atoms with Crippen molar-refractivity contribution in [1.29, 1.82) is 0 Å². The zero-order chi connectivity index (χ0) is 18.1. The Hall–Kier alpha value is -2.73. The number of nitrogens with zero attached hydrogens (tertiary/aromatic N) is 4. The molecule has 0 N–H and O–H groups in total. The van der Waals surface area contributed by atoms with Crippen LogP contribution in [0.3, 0.4) is 0 Å². The van der Waals surface area contributed by atoms with Gasteiger partial charge in [0.25, 0.3) is 0 Å². The summed E-state index contributed by atoms with van der Waals surface area (Å²) in [6, 6.07) is 8.54. The lowest BCUT2D eigenvalue weighted by molar-refractivity contribution is -0.126. The van der Waals surface area contributed by atoms with Gasteiger partial charge in [-0.2, -0.15) is 0 Å². The molecule has 0 aliphatic carbocycles. The van der Waals surface area contributed by atoms with Crippen molar-refractivity contribution in [3.05, 3.63) is 54.2 Å². The zero-order valence-corrected chi connectivity index (χ0v) is 15.5. The number of thiophene rings is 1. The van der Waals surface area contributed by atoms with Crippen molar-refractivity contribution in [2.45, 2.75) is 6.92 Å². The number of carbonyl (C=O) groups is 1. The van der Waals surface area contributed by atoms with Crippen LogP contribution in [-0.4, -0.2) is 47.0 Å². The number of fused-ring (bicyclic) bond motifs is 1. The third kappa shape index (κ3) is 2.97. The minimum absolute atomic E-state index is 0.00590. The summed E-state index contributed by atoms with van der Waals surface area (Å²) in [6.07, 6.45) is 3.01. The predicted octanol–water partition coefficient (Wildman–Crippen LogP) is 3.50. The second-order valence-corrected chi connectivity index (χ2v) is 7.32. The van der Waals surface area contributed by atoms with Gasteiger partial charge in [-0.1, -0.05) is 12.6 Å². The van der Waals surface area contributed by atoms with Gasteiger partial charge in [0.15, 0.2) is 0 Å². The van der Waals surface area contributed by atoms with E-state index in [0.29, 0.717) is 13.1 Å². The largest absolute Gasteiger partial charge is 0.352 e. The van der Waals surface area contributed by atoms with E-state index in [1.165, 1.54) is 22.1 Å². The highest BCUT2D eigenvalue weighted by atomic mass is 32.1. The predicted molar refractivity (Wildman–Crippen MR) is 107 cm³/mol. The topological polar surface area (TPSA) is 49.3 Å². The molecule has 0 unspecified atom stereocenters. The summed E-state index contributed by atoms with van der Waals surface area (Å²) in [4.78, 5) is 26.1. The molecule has 1 saturated heterocycles. The van der Waals surface area contributed by atoms with Crippen molar-refractivity contribution in [2.24, 2.45) is 0 Å². The standard InChI is InChI=1S/C20H20N4OS/c1-3-19(25)23-6-8-24(9-7-23)20-16-11-14(2)15(18-5-4-10-26-18)12-17(16)21-13-22-20/h3-5,10-13H,1,6-9H2,2H3. The van der Waals surface area contributed by atoms with Crippen LogP contribution >= 0.6 is 11.3 Å². The quantitative estimate of drug-likeness (QED) is 0.668. The van der Waals surface area contributed by atoms with Crippen LogP contribution in [0.4, 0.5) is 5.82 Å². The molecule has 2 aromatic heterocycles. The lowest BCUT2D eigenvalue weighted by atomic mass is 10.0. The maximum Gasteiger partial charge on any atom is 0.246 e. The molecule has 1 aliphatic heterocycles. The van der Waals surface area contributed by atoms with Crippen LogP contribution in [0.25, 0.3) is 21.3 Å². The van der Waals surface area contributed by atoms with Gasteiger partial charge in [0.1, 0.15) is 12.1 Å². The van der Waals surface area contributed by atoms with E-state index in [2.05, 4.69) is 58.0 Å². The highest BCUT2D eigenvalue weighted by Gasteiger charge is 2.22. The summed E-state index contributed by atoms with van der Waals surface area (Å²) in [5, 5.41) is 3.16. The number of benzene rings is 1. The lowest BCUT2D eigenvalue weighted by Crippen LogP contribution is -2.48. The molecule has 0 bridgehead atoms. The summed E-state index contributed by atoms with van der Waals surface area (Å²) in [7, 11) is 0. The number of aryl methyl sites for hydroxylation is 1. The fraction of sp³-hybridized carbons (Fsp3) is 0.250. The molecular formula is C20H20N4OS. The van der Waals surface area contributed by atoms with E-state index in [1.807, 2.05) is 4.90 Å². The summed E-state index contributed by atoms with van der Waals surface area (Å²) >= 11 is 1.74. The number of hydrogen-bond donors (Lipinski definition) is 0. The Balaban J connectivity index is 1.68. The number of aromatic nitrogens is 2. The molecule has 5 nitrogen and oxygen atoms in total. The maximum atomic E-state index is 11.8. The van der Waals surface area contributed by atoms with Crippen LogP contribution in [0.1, 0.15) is 5.56 Å². The van der Waals surface area contributed by atoms with E-state index in [4.69, 9.17) is 0 Å². The SMILES string of the molecule is C=CC(=O)N1CCN(c2ncnc3cc(-c4cccs4)c(C)cc23)CC1. The Kier molecular flexibility index (Phi) is 4.42. The van der Waals surface area contributed by atoms with Gasteiger partial charge in [-0.3, -0.25) is 4.79 Å². The molecule has 26 heavy (non-hydrogen) atoms. The van der Waals surface area contributed by atoms with Crippen molar-refractivity contribution in [2.75, 3.05) is 31.1 Å². The Morgan fingerprint density at radius 1 is 1.23 bits per heavy atom. The molecule has 1 aliphatic rings. The summed E-state index contributed by atoms with van der Waals surface area (Å²) in [5.74, 6) is 0.940. The molecule has 1 fully saturated rings. The average molecular weight is 364 g/mol. The maximum absolute atomic E-state index is 11.8. The third-order valence-corrected chi connectivity index (χ3v) is 5.72. The van der Waals surface area contributed by atoms with E-state index in [9.17, 15) is 4.79 Å². The first-order valence-electron chi connectivity index (χ1n) is 8.63.